The van der Waals surface area contributed by atoms with E-state index in [9.17, 15) is 14.0 Å². The first-order valence-corrected chi connectivity index (χ1v) is 11.9. The zero-order valence-corrected chi connectivity index (χ0v) is 18.9. The average Bonchev–Trinajstić information content (AvgIpc) is 3.30. The van der Waals surface area contributed by atoms with E-state index in [2.05, 4.69) is 15.6 Å². The summed E-state index contributed by atoms with van der Waals surface area (Å²) in [5, 5.41) is 8.39. The molecular formula is C25H26FN3O3S. The van der Waals surface area contributed by atoms with Crippen LogP contribution in [0.25, 0.3) is 0 Å². The van der Waals surface area contributed by atoms with E-state index in [0.29, 0.717) is 17.1 Å². The van der Waals surface area contributed by atoms with Crippen molar-refractivity contribution in [2.45, 2.75) is 50.8 Å². The maximum Gasteiger partial charge on any atom is 0.271 e. The number of thiazole rings is 1. The molecule has 0 bridgehead atoms. The minimum atomic E-state index is -0.440. The number of carbonyl (C=O) groups excluding carboxylic acids is 2. The summed E-state index contributed by atoms with van der Waals surface area (Å²) in [6.07, 6.45) is 3.95. The molecule has 1 fully saturated rings. The molecule has 0 radical (unpaired) electrons. The Bertz CT molecular complexity index is 1090. The van der Waals surface area contributed by atoms with Gasteiger partial charge in [-0.2, -0.15) is 0 Å². The number of para-hydroxylation sites is 1. The van der Waals surface area contributed by atoms with Crippen molar-refractivity contribution in [1.82, 2.24) is 15.6 Å². The van der Waals surface area contributed by atoms with Crippen molar-refractivity contribution in [3.63, 3.8) is 0 Å². The number of hydrogen-bond donors (Lipinski definition) is 2. The fourth-order valence-corrected chi connectivity index (χ4v) is 4.63. The van der Waals surface area contributed by atoms with Crippen molar-refractivity contribution in [2.75, 3.05) is 0 Å². The molecule has 1 saturated carbocycles. The summed E-state index contributed by atoms with van der Waals surface area (Å²) >= 11 is 1.29. The highest BCUT2D eigenvalue weighted by Gasteiger charge is 2.28. The zero-order chi connectivity index (χ0) is 23.0. The largest absolute Gasteiger partial charge is 0.483 e. The van der Waals surface area contributed by atoms with E-state index >= 15 is 0 Å². The summed E-state index contributed by atoms with van der Waals surface area (Å²) in [7, 11) is 0. The molecule has 4 rings (SSSR count). The van der Waals surface area contributed by atoms with Gasteiger partial charge in [0.15, 0.2) is 11.6 Å². The molecule has 1 heterocycles. The van der Waals surface area contributed by atoms with Crippen molar-refractivity contribution >= 4 is 23.2 Å². The fraction of sp³-hybridized carbons (Fsp3) is 0.320. The zero-order valence-electron chi connectivity index (χ0n) is 18.1. The van der Waals surface area contributed by atoms with Crippen LogP contribution in [0.5, 0.6) is 5.75 Å². The van der Waals surface area contributed by atoms with Gasteiger partial charge in [0.2, 0.25) is 5.91 Å². The van der Waals surface area contributed by atoms with Gasteiger partial charge in [0.05, 0.1) is 6.42 Å². The molecule has 0 aliphatic heterocycles. The first-order chi connectivity index (χ1) is 16.1. The van der Waals surface area contributed by atoms with E-state index in [4.69, 9.17) is 4.74 Å². The average molecular weight is 468 g/mol. The smallest absolute Gasteiger partial charge is 0.271 e. The van der Waals surface area contributed by atoms with Gasteiger partial charge in [-0.1, -0.05) is 55.3 Å². The molecule has 33 heavy (non-hydrogen) atoms. The molecule has 3 aromatic rings. The van der Waals surface area contributed by atoms with Gasteiger partial charge in [-0.15, -0.1) is 11.3 Å². The summed E-state index contributed by atoms with van der Waals surface area (Å²) < 4.78 is 19.2. The Labute approximate surface area is 196 Å². The maximum atomic E-state index is 13.7. The lowest BCUT2D eigenvalue weighted by atomic mass is 9.90. The molecule has 1 aliphatic rings. The number of nitrogens with one attached hydrogen (secondary N) is 2. The standard InChI is InChI=1S/C25H26FN3O3S/c26-18-10-4-7-13-22(18)32-15-24-28-21(16-33-24)25(31)29-20-12-6-5-11-19(20)27-23(30)14-17-8-2-1-3-9-17/h1-4,7-10,13,16,19-20H,5-6,11-12,14-15H2,(H,27,30)(H,29,31)/t19-,20+/m1/s1. The van der Waals surface area contributed by atoms with Gasteiger partial charge in [0.1, 0.15) is 17.3 Å². The Morgan fingerprint density at radius 1 is 1.00 bits per heavy atom. The molecular weight excluding hydrogens is 441 g/mol. The first-order valence-electron chi connectivity index (χ1n) is 11.0. The van der Waals surface area contributed by atoms with Crippen LogP contribution < -0.4 is 15.4 Å². The lowest BCUT2D eigenvalue weighted by Crippen LogP contribution is -2.53. The predicted molar refractivity (Wildman–Crippen MR) is 125 cm³/mol. The molecule has 2 atom stereocenters. The number of halogens is 1. The van der Waals surface area contributed by atoms with Crippen molar-refractivity contribution in [3.05, 3.63) is 82.1 Å². The number of ether oxygens (including phenoxy) is 1. The van der Waals surface area contributed by atoms with Gasteiger partial charge >= 0.3 is 0 Å². The van der Waals surface area contributed by atoms with E-state index in [1.165, 1.54) is 17.4 Å². The van der Waals surface area contributed by atoms with Gasteiger partial charge in [0, 0.05) is 17.5 Å². The number of hydrogen-bond acceptors (Lipinski definition) is 5. The van der Waals surface area contributed by atoms with E-state index in [0.717, 1.165) is 31.2 Å². The Morgan fingerprint density at radius 3 is 2.45 bits per heavy atom. The summed E-state index contributed by atoms with van der Waals surface area (Å²) in [5.74, 6) is -0.620. The van der Waals surface area contributed by atoms with E-state index in [1.54, 1.807) is 23.6 Å². The lowest BCUT2D eigenvalue weighted by molar-refractivity contribution is -0.121. The Balaban J connectivity index is 1.31. The van der Waals surface area contributed by atoms with E-state index < -0.39 is 5.82 Å². The molecule has 2 amide bonds. The SMILES string of the molecule is O=C(Cc1ccccc1)N[C@@H]1CCCC[C@@H]1NC(=O)c1csc(COc2ccccc2F)n1. The fourth-order valence-electron chi connectivity index (χ4n) is 3.94. The van der Waals surface area contributed by atoms with Crippen LogP contribution >= 0.6 is 11.3 Å². The van der Waals surface area contributed by atoms with E-state index in [1.807, 2.05) is 30.3 Å². The van der Waals surface area contributed by atoms with Gasteiger partial charge in [-0.3, -0.25) is 9.59 Å². The summed E-state index contributed by atoms with van der Waals surface area (Å²) in [6, 6.07) is 15.5. The van der Waals surface area contributed by atoms with Gasteiger partial charge in [-0.05, 0) is 30.5 Å². The molecule has 0 saturated heterocycles. The Hall–Kier alpha value is -3.26. The van der Waals surface area contributed by atoms with Crippen LogP contribution in [0.15, 0.2) is 60.0 Å². The van der Waals surface area contributed by atoms with Gasteiger partial charge < -0.3 is 15.4 Å². The second-order valence-electron chi connectivity index (χ2n) is 8.05. The predicted octanol–water partition coefficient (Wildman–Crippen LogP) is 4.26. The van der Waals surface area contributed by atoms with Crippen LogP contribution in [0.4, 0.5) is 4.39 Å². The lowest BCUT2D eigenvalue weighted by Gasteiger charge is -2.32. The maximum absolute atomic E-state index is 13.7. The van der Waals surface area contributed by atoms with Crippen molar-refractivity contribution in [2.24, 2.45) is 0 Å². The van der Waals surface area contributed by atoms with Crippen molar-refractivity contribution in [3.8, 4) is 5.75 Å². The molecule has 0 spiro atoms. The third-order valence-electron chi connectivity index (χ3n) is 5.61. The number of nitrogens with zero attached hydrogens (tertiary/aromatic N) is 1. The number of benzene rings is 2. The van der Waals surface area contributed by atoms with Gasteiger partial charge in [-0.25, -0.2) is 9.37 Å². The highest BCUT2D eigenvalue weighted by molar-refractivity contribution is 7.09. The molecule has 8 heteroatoms. The minimum Gasteiger partial charge on any atom is -0.483 e. The Kier molecular flexibility index (Phi) is 7.67. The van der Waals surface area contributed by atoms with Crippen LogP contribution in [-0.2, 0) is 17.8 Å². The minimum absolute atomic E-state index is 0.0476. The van der Waals surface area contributed by atoms with Crippen molar-refractivity contribution in [1.29, 1.82) is 0 Å². The van der Waals surface area contributed by atoms with Gasteiger partial charge in [0.25, 0.3) is 5.91 Å². The highest BCUT2D eigenvalue weighted by atomic mass is 32.1. The Morgan fingerprint density at radius 2 is 1.70 bits per heavy atom. The summed E-state index contributed by atoms with van der Waals surface area (Å²) in [5.41, 5.74) is 1.26. The number of aromatic nitrogens is 1. The topological polar surface area (TPSA) is 80.3 Å². The van der Waals surface area contributed by atoms with Crippen molar-refractivity contribution < 1.29 is 18.7 Å². The molecule has 172 valence electrons. The van der Waals surface area contributed by atoms with Crippen LogP contribution in [0.3, 0.4) is 0 Å². The molecule has 0 unspecified atom stereocenters. The normalized spacial score (nSPS) is 17.8. The first kappa shape index (κ1) is 22.9. The number of amides is 2. The van der Waals surface area contributed by atoms with Crippen LogP contribution in [0.2, 0.25) is 0 Å². The van der Waals surface area contributed by atoms with Crippen LogP contribution in [0.1, 0.15) is 46.7 Å². The van der Waals surface area contributed by atoms with E-state index in [-0.39, 0.29) is 36.3 Å². The third-order valence-corrected chi connectivity index (χ3v) is 6.43. The monoisotopic (exact) mass is 467 g/mol. The third kappa shape index (κ3) is 6.38. The second-order valence-corrected chi connectivity index (χ2v) is 8.99. The number of rotatable bonds is 8. The highest BCUT2D eigenvalue weighted by Crippen LogP contribution is 2.21. The molecule has 6 nitrogen and oxygen atoms in total. The molecule has 1 aliphatic carbocycles. The summed E-state index contributed by atoms with van der Waals surface area (Å²) in [4.78, 5) is 29.7. The summed E-state index contributed by atoms with van der Waals surface area (Å²) in [6.45, 7) is 0.0838. The van der Waals surface area contributed by atoms with Crippen LogP contribution in [0, 0.1) is 5.82 Å². The van der Waals surface area contributed by atoms with Crippen LogP contribution in [-0.4, -0.2) is 28.9 Å². The number of carbonyl (C=O) groups is 2. The molecule has 2 aromatic carbocycles. The molecule has 2 N–H and O–H groups in total. The quantitative estimate of drug-likeness (QED) is 0.519. The molecule has 1 aromatic heterocycles. The second kappa shape index (κ2) is 11.0.